The second-order valence-corrected chi connectivity index (χ2v) is 10.3. The average Bonchev–Trinajstić information content (AvgIpc) is 2.44. The van der Waals surface area contributed by atoms with Crippen LogP contribution in [0, 0.1) is 11.3 Å². The lowest BCUT2D eigenvalue weighted by Gasteiger charge is -2.24. The zero-order valence-electron chi connectivity index (χ0n) is 9.90. The molecule has 1 atom stereocenters. The highest BCUT2D eigenvalue weighted by Gasteiger charge is 2.26. The predicted molar refractivity (Wildman–Crippen MR) is 61.4 cm³/mol. The number of nitriles is 1. The van der Waals surface area contributed by atoms with E-state index in [0.717, 1.165) is 0 Å². The number of hydrogen-bond donors (Lipinski definition) is 0. The van der Waals surface area contributed by atoms with Gasteiger partial charge in [-0.2, -0.15) is 5.26 Å². The number of ether oxygens (including phenoxy) is 1. The number of hydrogen-bond acceptors (Lipinski definition) is 3. The molecule has 0 amide bonds. The molecule has 1 aromatic heterocycles. The van der Waals surface area contributed by atoms with Gasteiger partial charge < -0.3 is 4.74 Å². The van der Waals surface area contributed by atoms with E-state index in [9.17, 15) is 0 Å². The van der Waals surface area contributed by atoms with Gasteiger partial charge in [-0.3, -0.25) is 4.68 Å². The van der Waals surface area contributed by atoms with Crippen molar-refractivity contribution in [1.29, 1.82) is 5.26 Å². The summed E-state index contributed by atoms with van der Waals surface area (Å²) in [6.07, 6.45) is 1.67. The van der Waals surface area contributed by atoms with E-state index in [2.05, 4.69) is 30.8 Å². The summed E-state index contributed by atoms with van der Waals surface area (Å²) >= 11 is 0. The van der Waals surface area contributed by atoms with Crippen molar-refractivity contribution in [3.63, 3.8) is 0 Å². The highest BCUT2D eigenvalue weighted by Crippen LogP contribution is 2.19. The van der Waals surface area contributed by atoms with Gasteiger partial charge in [0.05, 0.1) is 13.8 Å². The van der Waals surface area contributed by atoms with Gasteiger partial charge in [-0.25, -0.2) is 0 Å². The third-order valence-electron chi connectivity index (χ3n) is 2.42. The Morgan fingerprint density at radius 1 is 1.53 bits per heavy atom. The molecule has 1 rings (SSSR count). The SMILES string of the molecule is CC(Oc1nn(C)cc1C#N)[Si](C)(C)C. The van der Waals surface area contributed by atoms with E-state index in [0.29, 0.717) is 11.4 Å². The lowest BCUT2D eigenvalue weighted by Crippen LogP contribution is -2.40. The fourth-order valence-electron chi connectivity index (χ4n) is 0.976. The quantitative estimate of drug-likeness (QED) is 0.736. The lowest BCUT2D eigenvalue weighted by atomic mass is 10.4. The molecule has 0 N–H and O–H groups in total. The minimum Gasteiger partial charge on any atom is -0.477 e. The predicted octanol–water partition coefficient (Wildman–Crippen LogP) is 1.94. The standard InChI is InChI=1S/C10H17N3OSi/c1-8(15(3,4)5)14-10-9(6-11)7-13(2)12-10/h7-8H,1-5H3. The van der Waals surface area contributed by atoms with Gasteiger partial charge >= 0.3 is 0 Å². The Kier molecular flexibility index (Phi) is 3.20. The topological polar surface area (TPSA) is 50.8 Å². The molecule has 0 fully saturated rings. The molecule has 0 spiro atoms. The van der Waals surface area contributed by atoms with Crippen LogP contribution in [0.5, 0.6) is 5.88 Å². The van der Waals surface area contributed by atoms with Crippen molar-refractivity contribution >= 4 is 8.07 Å². The molecule has 1 aromatic rings. The molecule has 0 aromatic carbocycles. The van der Waals surface area contributed by atoms with Gasteiger partial charge in [0.15, 0.2) is 0 Å². The average molecular weight is 223 g/mol. The third kappa shape index (κ3) is 2.83. The first-order chi connectivity index (χ1) is 6.84. The summed E-state index contributed by atoms with van der Waals surface area (Å²) in [4.78, 5) is 0. The molecule has 4 nitrogen and oxygen atoms in total. The molecule has 0 aliphatic carbocycles. The fourth-order valence-corrected chi connectivity index (χ4v) is 1.44. The maximum Gasteiger partial charge on any atom is 0.250 e. The summed E-state index contributed by atoms with van der Waals surface area (Å²) in [5, 5.41) is 13.0. The van der Waals surface area contributed by atoms with Crippen molar-refractivity contribution < 1.29 is 4.74 Å². The van der Waals surface area contributed by atoms with Crippen LogP contribution in [-0.2, 0) is 7.05 Å². The zero-order chi connectivity index (χ0) is 11.6. The van der Waals surface area contributed by atoms with Crippen molar-refractivity contribution in [1.82, 2.24) is 9.78 Å². The lowest BCUT2D eigenvalue weighted by molar-refractivity contribution is 0.274. The summed E-state index contributed by atoms with van der Waals surface area (Å²) in [5.41, 5.74) is 0.655. The van der Waals surface area contributed by atoms with Crippen molar-refractivity contribution in [2.45, 2.75) is 32.3 Å². The molecule has 0 aliphatic rings. The molecular formula is C10H17N3OSi. The van der Waals surface area contributed by atoms with Crippen LogP contribution in [-0.4, -0.2) is 23.6 Å². The maximum absolute atomic E-state index is 8.88. The number of aromatic nitrogens is 2. The number of rotatable bonds is 3. The van der Waals surface area contributed by atoms with Crippen LogP contribution in [0.3, 0.4) is 0 Å². The summed E-state index contributed by atoms with van der Waals surface area (Å²) in [5.74, 6) is 0.454. The maximum atomic E-state index is 8.88. The molecule has 1 heterocycles. The highest BCUT2D eigenvalue weighted by atomic mass is 28.3. The van der Waals surface area contributed by atoms with E-state index in [1.165, 1.54) is 0 Å². The van der Waals surface area contributed by atoms with Crippen LogP contribution in [0.15, 0.2) is 6.20 Å². The Hall–Kier alpha value is -1.28. The molecule has 5 heteroatoms. The third-order valence-corrected chi connectivity index (χ3v) is 4.98. The summed E-state index contributed by atoms with van der Waals surface area (Å²) < 4.78 is 7.33. The largest absolute Gasteiger partial charge is 0.477 e. The first-order valence-electron chi connectivity index (χ1n) is 4.95. The molecule has 15 heavy (non-hydrogen) atoms. The summed E-state index contributed by atoms with van der Waals surface area (Å²) in [6.45, 7) is 8.73. The van der Waals surface area contributed by atoms with E-state index >= 15 is 0 Å². The molecule has 0 saturated heterocycles. The molecule has 0 saturated carbocycles. The van der Waals surface area contributed by atoms with Crippen LogP contribution in [0.2, 0.25) is 19.6 Å². The monoisotopic (exact) mass is 223 g/mol. The van der Waals surface area contributed by atoms with Gasteiger partial charge in [0, 0.05) is 13.2 Å². The van der Waals surface area contributed by atoms with Crippen molar-refractivity contribution in [2.75, 3.05) is 0 Å². The second kappa shape index (κ2) is 4.07. The first kappa shape index (κ1) is 11.8. The van der Waals surface area contributed by atoms with Gasteiger partial charge in [0.1, 0.15) is 11.6 Å². The van der Waals surface area contributed by atoms with Gasteiger partial charge in [-0.1, -0.05) is 19.6 Å². The smallest absolute Gasteiger partial charge is 0.250 e. The van der Waals surface area contributed by atoms with Gasteiger partial charge in [0.2, 0.25) is 0 Å². The number of aryl methyl sites for hydroxylation is 1. The van der Waals surface area contributed by atoms with Crippen LogP contribution in [0.1, 0.15) is 12.5 Å². The molecule has 0 bridgehead atoms. The van der Waals surface area contributed by atoms with Crippen LogP contribution in [0.25, 0.3) is 0 Å². The molecule has 0 radical (unpaired) electrons. The van der Waals surface area contributed by atoms with Crippen molar-refractivity contribution in [3.8, 4) is 11.9 Å². The Bertz CT molecular complexity index is 386. The van der Waals surface area contributed by atoms with Gasteiger partial charge in [-0.05, 0) is 6.92 Å². The molecule has 82 valence electrons. The zero-order valence-corrected chi connectivity index (χ0v) is 10.9. The first-order valence-corrected chi connectivity index (χ1v) is 8.52. The number of nitrogens with zero attached hydrogens (tertiary/aromatic N) is 3. The minimum atomic E-state index is -1.35. The Morgan fingerprint density at radius 2 is 2.13 bits per heavy atom. The Balaban J connectivity index is 2.86. The van der Waals surface area contributed by atoms with E-state index in [-0.39, 0.29) is 5.73 Å². The van der Waals surface area contributed by atoms with E-state index in [4.69, 9.17) is 10.00 Å². The summed E-state index contributed by atoms with van der Waals surface area (Å²) in [7, 11) is 0.434. The Labute approximate surface area is 91.5 Å². The van der Waals surface area contributed by atoms with Crippen LogP contribution < -0.4 is 4.74 Å². The highest BCUT2D eigenvalue weighted by molar-refractivity contribution is 6.77. The second-order valence-electron chi connectivity index (χ2n) is 4.76. The van der Waals surface area contributed by atoms with Gasteiger partial charge in [-0.15, -0.1) is 5.10 Å². The van der Waals surface area contributed by atoms with Crippen molar-refractivity contribution in [3.05, 3.63) is 11.8 Å². The fraction of sp³-hybridized carbons (Fsp3) is 0.600. The van der Waals surface area contributed by atoms with E-state index < -0.39 is 8.07 Å². The van der Waals surface area contributed by atoms with E-state index in [1.807, 2.05) is 6.92 Å². The molecule has 0 aliphatic heterocycles. The molecular weight excluding hydrogens is 206 g/mol. The van der Waals surface area contributed by atoms with E-state index in [1.54, 1.807) is 17.9 Å². The normalized spacial score (nSPS) is 13.3. The van der Waals surface area contributed by atoms with Crippen LogP contribution >= 0.6 is 0 Å². The van der Waals surface area contributed by atoms with Crippen molar-refractivity contribution in [2.24, 2.45) is 7.05 Å². The van der Waals surface area contributed by atoms with Crippen LogP contribution in [0.4, 0.5) is 0 Å². The van der Waals surface area contributed by atoms with Gasteiger partial charge in [0.25, 0.3) is 5.88 Å². The molecule has 1 unspecified atom stereocenters. The minimum absolute atomic E-state index is 0.152. The Morgan fingerprint density at radius 3 is 2.60 bits per heavy atom. The summed E-state index contributed by atoms with van der Waals surface area (Å²) in [6, 6.07) is 2.08.